The number of rotatable bonds is 2. The van der Waals surface area contributed by atoms with Gasteiger partial charge >= 0.3 is 0 Å². The van der Waals surface area contributed by atoms with Crippen molar-refractivity contribution in [2.75, 3.05) is 25.1 Å². The van der Waals surface area contributed by atoms with Crippen LogP contribution in [0.25, 0.3) is 0 Å². The van der Waals surface area contributed by atoms with Crippen LogP contribution in [0.4, 0.5) is 5.82 Å². The minimum Gasteiger partial charge on any atom is -0.380 e. The summed E-state index contributed by atoms with van der Waals surface area (Å²) in [6, 6.07) is 1.79. The highest BCUT2D eigenvalue weighted by atomic mass is 35.5. The molecule has 2 rings (SSSR count). The fourth-order valence-electron chi connectivity index (χ4n) is 1.84. The molecule has 1 aliphatic heterocycles. The molecule has 0 spiro atoms. The van der Waals surface area contributed by atoms with E-state index in [2.05, 4.69) is 14.9 Å². The SMILES string of the molecule is CO[C@H]1CCCN(c2cc(Cl)ncn2)C1. The summed E-state index contributed by atoms with van der Waals surface area (Å²) in [5.74, 6) is 0.886. The van der Waals surface area contributed by atoms with Gasteiger partial charge in [-0.05, 0) is 12.8 Å². The molecule has 4 nitrogen and oxygen atoms in total. The Morgan fingerprint density at radius 2 is 2.40 bits per heavy atom. The van der Waals surface area contributed by atoms with Gasteiger partial charge in [-0.1, -0.05) is 11.6 Å². The van der Waals surface area contributed by atoms with E-state index in [-0.39, 0.29) is 0 Å². The fraction of sp³-hybridized carbons (Fsp3) is 0.600. The van der Waals surface area contributed by atoms with E-state index >= 15 is 0 Å². The van der Waals surface area contributed by atoms with Crippen LogP contribution in [0.2, 0.25) is 5.15 Å². The van der Waals surface area contributed by atoms with E-state index in [0.717, 1.165) is 31.7 Å². The normalized spacial score (nSPS) is 21.7. The van der Waals surface area contributed by atoms with Gasteiger partial charge < -0.3 is 9.64 Å². The second-order valence-corrected chi connectivity index (χ2v) is 4.03. The highest BCUT2D eigenvalue weighted by molar-refractivity contribution is 6.29. The number of methoxy groups -OCH3 is 1. The number of nitrogens with zero attached hydrogens (tertiary/aromatic N) is 3. The third-order valence-electron chi connectivity index (χ3n) is 2.65. The summed E-state index contributed by atoms with van der Waals surface area (Å²) < 4.78 is 5.36. The van der Waals surface area contributed by atoms with E-state index < -0.39 is 0 Å². The topological polar surface area (TPSA) is 38.2 Å². The zero-order valence-corrected chi connectivity index (χ0v) is 9.44. The van der Waals surface area contributed by atoms with Gasteiger partial charge in [-0.25, -0.2) is 9.97 Å². The van der Waals surface area contributed by atoms with Gasteiger partial charge in [0.25, 0.3) is 0 Å². The van der Waals surface area contributed by atoms with Gasteiger partial charge in [-0.2, -0.15) is 0 Å². The third kappa shape index (κ3) is 2.58. The number of hydrogen-bond donors (Lipinski definition) is 0. The first-order valence-electron chi connectivity index (χ1n) is 5.05. The fourth-order valence-corrected chi connectivity index (χ4v) is 1.98. The van der Waals surface area contributed by atoms with Crippen LogP contribution in [-0.4, -0.2) is 36.3 Å². The van der Waals surface area contributed by atoms with Crippen LogP contribution in [0, 0.1) is 0 Å². The Balaban J connectivity index is 2.09. The highest BCUT2D eigenvalue weighted by Crippen LogP contribution is 2.20. The molecule has 1 saturated heterocycles. The van der Waals surface area contributed by atoms with Gasteiger partial charge in [0, 0.05) is 26.3 Å². The van der Waals surface area contributed by atoms with Gasteiger partial charge in [-0.3, -0.25) is 0 Å². The molecule has 1 aromatic heterocycles. The van der Waals surface area contributed by atoms with E-state index in [9.17, 15) is 0 Å². The summed E-state index contributed by atoms with van der Waals surface area (Å²) in [7, 11) is 1.75. The van der Waals surface area contributed by atoms with Crippen molar-refractivity contribution in [1.29, 1.82) is 0 Å². The summed E-state index contributed by atoms with van der Waals surface area (Å²) in [5, 5.41) is 0.486. The van der Waals surface area contributed by atoms with Crippen molar-refractivity contribution >= 4 is 17.4 Å². The van der Waals surface area contributed by atoms with Crippen LogP contribution < -0.4 is 4.90 Å². The predicted molar refractivity (Wildman–Crippen MR) is 59.3 cm³/mol. The second-order valence-electron chi connectivity index (χ2n) is 3.64. The van der Waals surface area contributed by atoms with Crippen molar-refractivity contribution in [1.82, 2.24) is 9.97 Å². The average molecular weight is 228 g/mol. The van der Waals surface area contributed by atoms with Crippen molar-refractivity contribution in [3.05, 3.63) is 17.5 Å². The smallest absolute Gasteiger partial charge is 0.134 e. The zero-order chi connectivity index (χ0) is 10.7. The minimum atomic E-state index is 0.299. The Morgan fingerprint density at radius 3 is 3.13 bits per heavy atom. The lowest BCUT2D eigenvalue weighted by Crippen LogP contribution is -2.39. The van der Waals surface area contributed by atoms with E-state index in [1.54, 1.807) is 13.2 Å². The number of aromatic nitrogens is 2. The largest absolute Gasteiger partial charge is 0.380 e. The molecule has 0 amide bonds. The third-order valence-corrected chi connectivity index (χ3v) is 2.86. The minimum absolute atomic E-state index is 0.299. The Kier molecular flexibility index (Phi) is 3.38. The lowest BCUT2D eigenvalue weighted by molar-refractivity contribution is 0.0891. The first kappa shape index (κ1) is 10.6. The van der Waals surface area contributed by atoms with Crippen LogP contribution in [0.15, 0.2) is 12.4 Å². The molecule has 0 bridgehead atoms. The molecular formula is C10H14ClN3O. The van der Waals surface area contributed by atoms with Gasteiger partial charge in [0.2, 0.25) is 0 Å². The maximum Gasteiger partial charge on any atom is 0.134 e. The second kappa shape index (κ2) is 4.77. The lowest BCUT2D eigenvalue weighted by Gasteiger charge is -2.32. The van der Waals surface area contributed by atoms with Crippen molar-refractivity contribution in [3.8, 4) is 0 Å². The number of halogens is 1. The molecule has 0 saturated carbocycles. The molecule has 1 aliphatic rings. The van der Waals surface area contributed by atoms with Crippen LogP contribution >= 0.6 is 11.6 Å². The number of ether oxygens (including phenoxy) is 1. The molecule has 0 aromatic carbocycles. The Bertz CT molecular complexity index is 334. The zero-order valence-electron chi connectivity index (χ0n) is 8.69. The number of hydrogen-bond acceptors (Lipinski definition) is 4. The standard InChI is InChI=1S/C10H14ClN3O/c1-15-8-3-2-4-14(6-8)10-5-9(11)12-7-13-10/h5,7-8H,2-4,6H2,1H3/t8-/m0/s1. The maximum absolute atomic E-state index is 5.83. The summed E-state index contributed by atoms with van der Waals surface area (Å²) in [5.41, 5.74) is 0. The van der Waals surface area contributed by atoms with Crippen LogP contribution in [0.1, 0.15) is 12.8 Å². The van der Waals surface area contributed by atoms with Gasteiger partial charge in [-0.15, -0.1) is 0 Å². The number of anilines is 1. The summed E-state index contributed by atoms with van der Waals surface area (Å²) in [6.07, 6.45) is 4.03. The molecule has 1 atom stereocenters. The van der Waals surface area contributed by atoms with E-state index in [0.29, 0.717) is 11.3 Å². The van der Waals surface area contributed by atoms with E-state index in [1.807, 2.05) is 0 Å². The molecule has 0 unspecified atom stereocenters. The molecule has 0 radical (unpaired) electrons. The van der Waals surface area contributed by atoms with Crippen molar-refractivity contribution in [2.24, 2.45) is 0 Å². The lowest BCUT2D eigenvalue weighted by atomic mass is 10.1. The van der Waals surface area contributed by atoms with Gasteiger partial charge in [0.05, 0.1) is 6.10 Å². The maximum atomic E-state index is 5.83. The highest BCUT2D eigenvalue weighted by Gasteiger charge is 2.20. The molecule has 1 fully saturated rings. The van der Waals surface area contributed by atoms with Gasteiger partial charge in [0.15, 0.2) is 0 Å². The average Bonchev–Trinajstić information content (AvgIpc) is 2.29. The molecule has 0 aliphatic carbocycles. The Hall–Kier alpha value is -0.870. The Morgan fingerprint density at radius 1 is 1.53 bits per heavy atom. The molecule has 1 aromatic rings. The van der Waals surface area contributed by atoms with Gasteiger partial charge in [0.1, 0.15) is 17.3 Å². The molecule has 82 valence electrons. The summed E-state index contributed by atoms with van der Waals surface area (Å²) in [6.45, 7) is 1.89. The first-order chi connectivity index (χ1) is 7.29. The molecule has 2 heterocycles. The molecular weight excluding hydrogens is 214 g/mol. The van der Waals surface area contributed by atoms with Crippen LogP contribution in [0.5, 0.6) is 0 Å². The monoisotopic (exact) mass is 227 g/mol. The van der Waals surface area contributed by atoms with E-state index in [1.165, 1.54) is 6.33 Å². The van der Waals surface area contributed by atoms with Crippen molar-refractivity contribution in [2.45, 2.75) is 18.9 Å². The summed E-state index contributed by atoms with van der Waals surface area (Å²) >= 11 is 5.83. The first-order valence-corrected chi connectivity index (χ1v) is 5.42. The Labute approximate surface area is 94.2 Å². The summed E-state index contributed by atoms with van der Waals surface area (Å²) in [4.78, 5) is 10.3. The number of piperidine rings is 1. The van der Waals surface area contributed by atoms with E-state index in [4.69, 9.17) is 16.3 Å². The van der Waals surface area contributed by atoms with Crippen LogP contribution in [-0.2, 0) is 4.74 Å². The predicted octanol–water partition coefficient (Wildman–Crippen LogP) is 1.75. The quantitative estimate of drug-likeness (QED) is 0.722. The van der Waals surface area contributed by atoms with Crippen molar-refractivity contribution < 1.29 is 4.74 Å². The van der Waals surface area contributed by atoms with Crippen molar-refractivity contribution in [3.63, 3.8) is 0 Å². The molecule has 0 N–H and O–H groups in total. The van der Waals surface area contributed by atoms with Crippen LogP contribution in [0.3, 0.4) is 0 Å². The molecule has 5 heteroatoms. The molecule has 15 heavy (non-hydrogen) atoms.